The Labute approximate surface area is 193 Å². The minimum Gasteiger partial charge on any atom is -0.481 e. The lowest BCUT2D eigenvalue weighted by molar-refractivity contribution is -0.143. The zero-order chi connectivity index (χ0) is 23.3. The summed E-state index contributed by atoms with van der Waals surface area (Å²) in [5.74, 6) is -0.663. The van der Waals surface area contributed by atoms with Gasteiger partial charge < -0.3 is 9.63 Å². The number of carboxylic acid groups (broad SMARTS) is 1. The Morgan fingerprint density at radius 2 is 1.97 bits per heavy atom. The van der Waals surface area contributed by atoms with Crippen molar-refractivity contribution in [2.45, 2.75) is 63.3 Å². The average Bonchev–Trinajstić information content (AvgIpc) is 3.22. The summed E-state index contributed by atoms with van der Waals surface area (Å²) in [5, 5.41) is 18.4. The second-order valence-corrected chi connectivity index (χ2v) is 9.44. The van der Waals surface area contributed by atoms with Gasteiger partial charge in [0, 0.05) is 5.02 Å². The van der Waals surface area contributed by atoms with Gasteiger partial charge in [-0.3, -0.25) is 9.48 Å². The van der Waals surface area contributed by atoms with Crippen molar-refractivity contribution < 1.29 is 23.2 Å². The van der Waals surface area contributed by atoms with E-state index in [9.17, 15) is 18.7 Å². The van der Waals surface area contributed by atoms with Gasteiger partial charge in [0.2, 0.25) is 0 Å². The molecule has 0 saturated heterocycles. The number of aryl methyl sites for hydroxylation is 1. The molecular weight excluding hydrogens is 454 g/mol. The zero-order valence-electron chi connectivity index (χ0n) is 18.0. The molecule has 2 aliphatic rings. The van der Waals surface area contributed by atoms with Crippen LogP contribution in [-0.4, -0.2) is 31.0 Å². The summed E-state index contributed by atoms with van der Waals surface area (Å²) in [6.45, 7) is 1.98. The van der Waals surface area contributed by atoms with E-state index in [1.165, 1.54) is 10.7 Å². The first-order valence-corrected chi connectivity index (χ1v) is 11.4. The van der Waals surface area contributed by atoms with Crippen molar-refractivity contribution in [1.82, 2.24) is 19.9 Å². The molecule has 10 heteroatoms. The topological polar surface area (TPSA) is 94.0 Å². The molecule has 0 amide bonds. The second kappa shape index (κ2) is 8.20. The summed E-state index contributed by atoms with van der Waals surface area (Å²) in [6.07, 6.45) is 0.822. The van der Waals surface area contributed by atoms with Crippen molar-refractivity contribution in [2.75, 3.05) is 0 Å². The summed E-state index contributed by atoms with van der Waals surface area (Å²) in [4.78, 5) is 15.8. The molecule has 2 heterocycles. The number of hydrogen-bond acceptors (Lipinski definition) is 5. The third-order valence-corrected chi connectivity index (χ3v) is 7.14. The molecule has 1 aromatic carbocycles. The number of halogens is 3. The van der Waals surface area contributed by atoms with Crippen molar-refractivity contribution in [3.8, 4) is 11.6 Å². The summed E-state index contributed by atoms with van der Waals surface area (Å²) in [5.41, 5.74) is 1.73. The molecule has 0 spiro atoms. The molecule has 33 heavy (non-hydrogen) atoms. The quantitative estimate of drug-likeness (QED) is 0.488. The molecule has 0 aliphatic heterocycles. The van der Waals surface area contributed by atoms with E-state index in [1.54, 1.807) is 0 Å². The molecule has 0 bridgehead atoms. The van der Waals surface area contributed by atoms with Gasteiger partial charge in [0.15, 0.2) is 11.5 Å². The van der Waals surface area contributed by atoms with Crippen LogP contribution < -0.4 is 0 Å². The Balaban J connectivity index is 1.43. The number of nitrogens with zero attached hydrogens (tertiary/aromatic N) is 4. The molecule has 7 nitrogen and oxygen atoms in total. The monoisotopic (exact) mass is 476 g/mol. The van der Waals surface area contributed by atoms with Crippen LogP contribution >= 0.6 is 11.6 Å². The summed E-state index contributed by atoms with van der Waals surface area (Å²) in [6, 6.07) is 6.71. The van der Waals surface area contributed by atoms with Crippen LogP contribution in [0.4, 0.5) is 8.78 Å². The maximum Gasteiger partial charge on any atom is 0.306 e. The van der Waals surface area contributed by atoms with Crippen LogP contribution in [0.1, 0.15) is 73.6 Å². The average molecular weight is 477 g/mol. The summed E-state index contributed by atoms with van der Waals surface area (Å²) in [7, 11) is 0. The first-order chi connectivity index (χ1) is 15.8. The summed E-state index contributed by atoms with van der Waals surface area (Å²) < 4.78 is 34.4. The minimum atomic E-state index is -2.72. The van der Waals surface area contributed by atoms with E-state index in [1.807, 2.05) is 25.1 Å². The smallest absolute Gasteiger partial charge is 0.306 e. The second-order valence-electron chi connectivity index (χ2n) is 9.01. The van der Waals surface area contributed by atoms with E-state index in [-0.39, 0.29) is 28.7 Å². The summed E-state index contributed by atoms with van der Waals surface area (Å²) >= 11 is 6.10. The van der Waals surface area contributed by atoms with Gasteiger partial charge in [-0.05, 0) is 74.8 Å². The van der Waals surface area contributed by atoms with Crippen LogP contribution in [0.2, 0.25) is 5.02 Å². The fourth-order valence-electron chi connectivity index (χ4n) is 4.96. The van der Waals surface area contributed by atoms with Gasteiger partial charge in [-0.25, -0.2) is 8.78 Å². The third kappa shape index (κ3) is 3.92. The van der Waals surface area contributed by atoms with Crippen LogP contribution in [0, 0.1) is 12.8 Å². The van der Waals surface area contributed by atoms with Gasteiger partial charge in [0.25, 0.3) is 12.3 Å². The Hall–Kier alpha value is -2.81. The SMILES string of the molecule is Cc1cc(Cl)ccc1C1(c2noc(-c3cc(C(F)F)n(C4CCC(C(=O)O)CC4)n3)n2)CC1. The molecule has 2 fully saturated rings. The predicted octanol–water partition coefficient (Wildman–Crippen LogP) is 5.73. The molecule has 174 valence electrons. The van der Waals surface area contributed by atoms with Crippen molar-refractivity contribution in [3.63, 3.8) is 0 Å². The fraction of sp³-hybridized carbons (Fsp3) is 0.478. The molecular formula is C23H23ClF2N4O3. The van der Waals surface area contributed by atoms with E-state index >= 15 is 0 Å². The molecule has 0 unspecified atom stereocenters. The Morgan fingerprint density at radius 3 is 2.58 bits per heavy atom. The van der Waals surface area contributed by atoms with Gasteiger partial charge in [-0.2, -0.15) is 10.1 Å². The number of benzene rings is 1. The standard InChI is InChI=1S/C23H23ClF2N4O3/c1-12-10-14(24)4-7-16(12)23(8-9-23)22-27-20(33-29-22)17-11-18(19(25)26)30(28-17)15-5-2-13(3-6-15)21(31)32/h4,7,10-11,13,15,19H,2-3,5-6,8-9H2,1H3,(H,31,32). The molecule has 2 saturated carbocycles. The Kier molecular flexibility index (Phi) is 5.47. The highest BCUT2D eigenvalue weighted by atomic mass is 35.5. The highest BCUT2D eigenvalue weighted by Crippen LogP contribution is 2.53. The highest BCUT2D eigenvalue weighted by molar-refractivity contribution is 6.30. The Bertz CT molecular complexity index is 1200. The lowest BCUT2D eigenvalue weighted by Gasteiger charge is -2.27. The third-order valence-electron chi connectivity index (χ3n) is 6.91. The largest absolute Gasteiger partial charge is 0.481 e. The van der Waals surface area contributed by atoms with Crippen LogP contribution in [0.25, 0.3) is 11.6 Å². The van der Waals surface area contributed by atoms with Crippen molar-refractivity contribution in [2.24, 2.45) is 5.92 Å². The van der Waals surface area contributed by atoms with Crippen LogP contribution in [0.5, 0.6) is 0 Å². The number of aliphatic carboxylic acids is 1. The van der Waals surface area contributed by atoms with Gasteiger partial charge in [-0.1, -0.05) is 22.8 Å². The van der Waals surface area contributed by atoms with E-state index < -0.39 is 18.3 Å². The molecule has 3 aromatic rings. The molecule has 0 atom stereocenters. The maximum absolute atomic E-state index is 13.8. The van der Waals surface area contributed by atoms with Gasteiger partial charge in [0.1, 0.15) is 5.69 Å². The van der Waals surface area contributed by atoms with E-state index in [2.05, 4.69) is 15.2 Å². The fourth-order valence-corrected chi connectivity index (χ4v) is 5.19. The van der Waals surface area contributed by atoms with E-state index in [0.717, 1.165) is 24.0 Å². The van der Waals surface area contributed by atoms with Crippen LogP contribution in [0.3, 0.4) is 0 Å². The predicted molar refractivity (Wildman–Crippen MR) is 115 cm³/mol. The molecule has 0 radical (unpaired) electrons. The zero-order valence-corrected chi connectivity index (χ0v) is 18.7. The first-order valence-electron chi connectivity index (χ1n) is 11.0. The van der Waals surface area contributed by atoms with Gasteiger partial charge in [-0.15, -0.1) is 0 Å². The van der Waals surface area contributed by atoms with E-state index in [0.29, 0.717) is 36.5 Å². The van der Waals surface area contributed by atoms with Crippen molar-refractivity contribution in [1.29, 1.82) is 0 Å². The molecule has 1 N–H and O–H groups in total. The normalized spacial score (nSPS) is 22.0. The van der Waals surface area contributed by atoms with Gasteiger partial charge >= 0.3 is 5.97 Å². The highest BCUT2D eigenvalue weighted by Gasteiger charge is 2.51. The van der Waals surface area contributed by atoms with Crippen LogP contribution in [-0.2, 0) is 10.2 Å². The molecule has 2 aliphatic carbocycles. The number of rotatable bonds is 6. The first kappa shape index (κ1) is 22.0. The van der Waals surface area contributed by atoms with Gasteiger partial charge in [0.05, 0.1) is 17.4 Å². The minimum absolute atomic E-state index is 0.0998. The van der Waals surface area contributed by atoms with Crippen molar-refractivity contribution >= 4 is 17.6 Å². The molecule has 5 rings (SSSR count). The number of alkyl halides is 2. The number of carboxylic acids is 1. The maximum atomic E-state index is 13.8. The number of aromatic nitrogens is 4. The van der Waals surface area contributed by atoms with Crippen LogP contribution in [0.15, 0.2) is 28.8 Å². The molecule has 2 aromatic heterocycles. The number of carbonyl (C=O) groups is 1. The van der Waals surface area contributed by atoms with Crippen molar-refractivity contribution in [3.05, 3.63) is 51.9 Å². The number of hydrogen-bond donors (Lipinski definition) is 1. The van der Waals surface area contributed by atoms with E-state index in [4.69, 9.17) is 16.1 Å². The Morgan fingerprint density at radius 1 is 1.24 bits per heavy atom. The lowest BCUT2D eigenvalue weighted by atomic mass is 9.86. The lowest BCUT2D eigenvalue weighted by Crippen LogP contribution is -2.24.